The SMILES string of the molecule is CCOC(=O)[C@H](Cc1ccccc1)OC(=O)Cn1cc(C(F)(F)F)ccc1=O. The molecule has 0 amide bonds. The fourth-order valence-corrected chi connectivity index (χ4v) is 2.39. The summed E-state index contributed by atoms with van der Waals surface area (Å²) in [6, 6.07) is 10.0. The summed E-state index contributed by atoms with van der Waals surface area (Å²) in [6.07, 6.45) is -5.39. The molecular weight excluding hydrogens is 379 g/mol. The third-order valence-corrected chi connectivity index (χ3v) is 3.70. The number of aromatic nitrogens is 1. The highest BCUT2D eigenvalue weighted by Crippen LogP contribution is 2.28. The number of halogens is 3. The molecule has 0 saturated heterocycles. The third kappa shape index (κ3) is 5.97. The number of nitrogens with zero attached hydrogens (tertiary/aromatic N) is 1. The summed E-state index contributed by atoms with van der Waals surface area (Å²) in [4.78, 5) is 36.0. The molecule has 2 rings (SSSR count). The molecule has 9 heteroatoms. The first kappa shape index (κ1) is 21.2. The van der Waals surface area contributed by atoms with E-state index in [1.54, 1.807) is 37.3 Å². The summed E-state index contributed by atoms with van der Waals surface area (Å²) >= 11 is 0. The molecule has 0 aliphatic rings. The lowest BCUT2D eigenvalue weighted by molar-refractivity contribution is -0.168. The van der Waals surface area contributed by atoms with Gasteiger partial charge < -0.3 is 14.0 Å². The molecular formula is C19H18F3NO5. The van der Waals surface area contributed by atoms with Gasteiger partial charge in [-0.2, -0.15) is 13.2 Å². The predicted octanol–water partition coefficient (Wildman–Crippen LogP) is 2.58. The van der Waals surface area contributed by atoms with E-state index in [4.69, 9.17) is 9.47 Å². The normalized spacial score (nSPS) is 12.3. The van der Waals surface area contributed by atoms with Gasteiger partial charge in [-0.05, 0) is 18.6 Å². The van der Waals surface area contributed by atoms with Crippen LogP contribution in [-0.2, 0) is 38.2 Å². The number of alkyl halides is 3. The first-order valence-electron chi connectivity index (χ1n) is 8.38. The van der Waals surface area contributed by atoms with Crippen molar-refractivity contribution in [1.82, 2.24) is 4.57 Å². The molecule has 0 radical (unpaired) electrons. The van der Waals surface area contributed by atoms with Crippen LogP contribution in [0.1, 0.15) is 18.1 Å². The molecule has 0 saturated carbocycles. The molecule has 1 atom stereocenters. The molecule has 150 valence electrons. The quantitative estimate of drug-likeness (QED) is 0.672. The first-order valence-corrected chi connectivity index (χ1v) is 8.38. The third-order valence-electron chi connectivity index (χ3n) is 3.70. The van der Waals surface area contributed by atoms with Crippen molar-refractivity contribution >= 4 is 11.9 Å². The molecule has 1 aromatic carbocycles. The van der Waals surface area contributed by atoms with E-state index in [1.165, 1.54) is 0 Å². The van der Waals surface area contributed by atoms with Crippen molar-refractivity contribution in [1.29, 1.82) is 0 Å². The minimum Gasteiger partial charge on any atom is -0.463 e. The second-order valence-electron chi connectivity index (χ2n) is 5.80. The van der Waals surface area contributed by atoms with Gasteiger partial charge in [-0.15, -0.1) is 0 Å². The van der Waals surface area contributed by atoms with Crippen molar-refractivity contribution in [2.24, 2.45) is 0 Å². The fraction of sp³-hybridized carbons (Fsp3) is 0.316. The largest absolute Gasteiger partial charge is 0.463 e. The Balaban J connectivity index is 2.15. The van der Waals surface area contributed by atoms with Crippen molar-refractivity contribution in [3.63, 3.8) is 0 Å². The Hall–Kier alpha value is -3.10. The van der Waals surface area contributed by atoms with Crippen LogP contribution in [0.3, 0.4) is 0 Å². The van der Waals surface area contributed by atoms with Crippen LogP contribution in [0.2, 0.25) is 0 Å². The number of hydrogen-bond acceptors (Lipinski definition) is 5. The highest BCUT2D eigenvalue weighted by atomic mass is 19.4. The standard InChI is InChI=1S/C19H18F3NO5/c1-2-27-18(26)15(10-13-6-4-3-5-7-13)28-17(25)12-23-11-14(19(20,21)22)8-9-16(23)24/h3-9,11,15H,2,10,12H2,1H3/t15-/m0/s1. The number of benzene rings is 1. The monoisotopic (exact) mass is 397 g/mol. The molecule has 0 aliphatic heterocycles. The van der Waals surface area contributed by atoms with E-state index < -0.39 is 41.9 Å². The molecule has 28 heavy (non-hydrogen) atoms. The van der Waals surface area contributed by atoms with Gasteiger partial charge in [0, 0.05) is 18.7 Å². The Labute approximate surface area is 158 Å². The van der Waals surface area contributed by atoms with Crippen LogP contribution < -0.4 is 5.56 Å². The Morgan fingerprint density at radius 2 is 1.79 bits per heavy atom. The first-order chi connectivity index (χ1) is 13.2. The minimum atomic E-state index is -4.67. The summed E-state index contributed by atoms with van der Waals surface area (Å²) in [5.41, 5.74) is -1.18. The molecule has 0 N–H and O–H groups in total. The van der Waals surface area contributed by atoms with Crippen molar-refractivity contribution < 1.29 is 32.2 Å². The zero-order valence-corrected chi connectivity index (χ0v) is 14.9. The number of rotatable bonds is 7. The number of pyridine rings is 1. The van der Waals surface area contributed by atoms with E-state index >= 15 is 0 Å². The van der Waals surface area contributed by atoms with Gasteiger partial charge >= 0.3 is 18.1 Å². The maximum Gasteiger partial charge on any atom is 0.417 e. The van der Waals surface area contributed by atoms with Crippen LogP contribution in [-0.4, -0.2) is 29.2 Å². The Kier molecular flexibility index (Phi) is 6.97. The lowest BCUT2D eigenvalue weighted by Gasteiger charge is -2.17. The molecule has 0 fully saturated rings. The van der Waals surface area contributed by atoms with Gasteiger partial charge in [-0.3, -0.25) is 9.59 Å². The molecule has 1 heterocycles. The Morgan fingerprint density at radius 3 is 2.39 bits per heavy atom. The lowest BCUT2D eigenvalue weighted by atomic mass is 10.1. The van der Waals surface area contributed by atoms with Gasteiger partial charge in [-0.1, -0.05) is 30.3 Å². The van der Waals surface area contributed by atoms with Gasteiger partial charge in [-0.25, -0.2) is 4.79 Å². The van der Waals surface area contributed by atoms with E-state index in [2.05, 4.69) is 0 Å². The summed E-state index contributed by atoms with van der Waals surface area (Å²) in [5.74, 6) is -1.81. The second-order valence-corrected chi connectivity index (χ2v) is 5.80. The maximum absolute atomic E-state index is 12.8. The summed E-state index contributed by atoms with van der Waals surface area (Å²) in [6.45, 7) is 0.879. The van der Waals surface area contributed by atoms with E-state index in [1.807, 2.05) is 0 Å². The van der Waals surface area contributed by atoms with E-state index in [0.717, 1.165) is 0 Å². The van der Waals surface area contributed by atoms with E-state index in [0.29, 0.717) is 28.5 Å². The fourth-order valence-electron chi connectivity index (χ4n) is 2.39. The van der Waals surface area contributed by atoms with Gasteiger partial charge in [0.1, 0.15) is 6.54 Å². The number of ether oxygens (including phenoxy) is 2. The van der Waals surface area contributed by atoms with E-state index in [-0.39, 0.29) is 13.0 Å². The van der Waals surface area contributed by atoms with Crippen LogP contribution in [0.15, 0.2) is 53.5 Å². The average molecular weight is 397 g/mol. The number of carbonyl (C=O) groups is 2. The molecule has 0 spiro atoms. The van der Waals surface area contributed by atoms with Crippen LogP contribution >= 0.6 is 0 Å². The zero-order chi connectivity index (χ0) is 20.7. The maximum atomic E-state index is 12.8. The molecule has 1 aromatic heterocycles. The van der Waals surface area contributed by atoms with Crippen molar-refractivity contribution in [3.8, 4) is 0 Å². The number of carbonyl (C=O) groups excluding carboxylic acids is 2. The number of esters is 2. The van der Waals surface area contributed by atoms with Crippen molar-refractivity contribution in [3.05, 3.63) is 70.1 Å². The number of hydrogen-bond donors (Lipinski definition) is 0. The van der Waals surface area contributed by atoms with E-state index in [9.17, 15) is 27.6 Å². The minimum absolute atomic E-state index is 0.0307. The van der Waals surface area contributed by atoms with Crippen LogP contribution in [0.25, 0.3) is 0 Å². The van der Waals surface area contributed by atoms with Crippen molar-refractivity contribution in [2.75, 3.05) is 6.61 Å². The smallest absolute Gasteiger partial charge is 0.417 e. The van der Waals surface area contributed by atoms with Crippen LogP contribution in [0.4, 0.5) is 13.2 Å². The summed E-state index contributed by atoms with van der Waals surface area (Å²) in [7, 11) is 0. The highest BCUT2D eigenvalue weighted by Gasteiger charge is 2.31. The highest BCUT2D eigenvalue weighted by molar-refractivity contribution is 5.79. The van der Waals surface area contributed by atoms with Crippen molar-refractivity contribution in [2.45, 2.75) is 32.2 Å². The topological polar surface area (TPSA) is 74.6 Å². The lowest BCUT2D eigenvalue weighted by Crippen LogP contribution is -2.34. The van der Waals surface area contributed by atoms with Gasteiger partial charge in [0.25, 0.3) is 5.56 Å². The van der Waals surface area contributed by atoms with Gasteiger partial charge in [0.2, 0.25) is 6.10 Å². The predicted molar refractivity (Wildman–Crippen MR) is 92.4 cm³/mol. The van der Waals surface area contributed by atoms with Crippen LogP contribution in [0.5, 0.6) is 0 Å². The molecule has 0 unspecified atom stereocenters. The molecule has 0 bridgehead atoms. The summed E-state index contributed by atoms with van der Waals surface area (Å²) in [5, 5.41) is 0. The molecule has 6 nitrogen and oxygen atoms in total. The average Bonchev–Trinajstić information content (AvgIpc) is 2.63. The second kappa shape index (κ2) is 9.20. The van der Waals surface area contributed by atoms with Gasteiger partial charge in [0.15, 0.2) is 0 Å². The Morgan fingerprint density at radius 1 is 1.11 bits per heavy atom. The summed E-state index contributed by atoms with van der Waals surface area (Å²) < 4.78 is 48.9. The van der Waals surface area contributed by atoms with Crippen LogP contribution in [0, 0.1) is 0 Å². The Bertz CT molecular complexity index is 877. The molecule has 0 aliphatic carbocycles. The molecule has 2 aromatic rings. The zero-order valence-electron chi connectivity index (χ0n) is 14.9. The van der Waals surface area contributed by atoms with Gasteiger partial charge in [0.05, 0.1) is 12.2 Å².